The molecule has 0 aliphatic carbocycles. The summed E-state index contributed by atoms with van der Waals surface area (Å²) in [7, 11) is 4.39. The van der Waals surface area contributed by atoms with Crippen molar-refractivity contribution >= 4 is 21.6 Å². The van der Waals surface area contributed by atoms with Crippen molar-refractivity contribution in [3.8, 4) is 0 Å². The van der Waals surface area contributed by atoms with Gasteiger partial charge in [-0.05, 0) is 63.7 Å². The van der Waals surface area contributed by atoms with Gasteiger partial charge in [0.1, 0.15) is 0 Å². The zero-order valence-electron chi connectivity index (χ0n) is 13.5. The number of hydrogen-bond donors (Lipinski definition) is 1. The summed E-state index contributed by atoms with van der Waals surface area (Å²) in [6.07, 6.45) is 3.76. The Kier molecular flexibility index (Phi) is 6.52. The van der Waals surface area contributed by atoms with Gasteiger partial charge in [0, 0.05) is 35.8 Å². The lowest BCUT2D eigenvalue weighted by Crippen LogP contribution is -2.45. The van der Waals surface area contributed by atoms with E-state index in [0.717, 1.165) is 19.6 Å². The Labute approximate surface area is 137 Å². The Balaban J connectivity index is 2.13. The van der Waals surface area contributed by atoms with Gasteiger partial charge >= 0.3 is 0 Å². The Morgan fingerprint density at radius 2 is 2.19 bits per heavy atom. The molecule has 0 aromatic heterocycles. The molecule has 1 aliphatic rings. The first-order valence-electron chi connectivity index (χ1n) is 8.02. The van der Waals surface area contributed by atoms with Crippen molar-refractivity contribution in [3.63, 3.8) is 0 Å². The Hall–Kier alpha value is -0.580. The second-order valence-electron chi connectivity index (χ2n) is 6.16. The molecular formula is C17H28BrN3. The predicted octanol–water partition coefficient (Wildman–Crippen LogP) is 3.48. The number of nitrogens with one attached hydrogen (secondary N) is 1. The highest BCUT2D eigenvalue weighted by Gasteiger charge is 2.22. The van der Waals surface area contributed by atoms with Crippen molar-refractivity contribution in [1.82, 2.24) is 10.2 Å². The Morgan fingerprint density at radius 1 is 1.38 bits per heavy atom. The molecule has 0 saturated carbocycles. The van der Waals surface area contributed by atoms with Gasteiger partial charge in [0.05, 0.1) is 0 Å². The summed E-state index contributed by atoms with van der Waals surface area (Å²) in [5, 5.41) is 3.53. The smallest absolute Gasteiger partial charge is 0.0413 e. The number of anilines is 1. The first-order chi connectivity index (χ1) is 10.1. The number of nitrogens with zero attached hydrogens (tertiary/aromatic N) is 2. The van der Waals surface area contributed by atoms with E-state index in [1.165, 1.54) is 41.5 Å². The van der Waals surface area contributed by atoms with E-state index in [4.69, 9.17) is 0 Å². The molecule has 1 aromatic carbocycles. The number of likely N-dealkylation sites (N-methyl/N-ethyl adjacent to an activating group) is 1. The molecule has 1 unspecified atom stereocenters. The number of benzene rings is 1. The summed E-state index contributed by atoms with van der Waals surface area (Å²) in [5.74, 6) is 0. The van der Waals surface area contributed by atoms with Crippen molar-refractivity contribution in [3.05, 3.63) is 28.2 Å². The maximum absolute atomic E-state index is 3.61. The lowest BCUT2D eigenvalue weighted by Gasteiger charge is -2.38. The van der Waals surface area contributed by atoms with E-state index >= 15 is 0 Å². The van der Waals surface area contributed by atoms with Gasteiger partial charge in [-0.3, -0.25) is 0 Å². The molecule has 1 aromatic rings. The van der Waals surface area contributed by atoms with E-state index < -0.39 is 0 Å². The summed E-state index contributed by atoms with van der Waals surface area (Å²) >= 11 is 3.61. The molecule has 21 heavy (non-hydrogen) atoms. The van der Waals surface area contributed by atoms with Crippen molar-refractivity contribution in [1.29, 1.82) is 0 Å². The molecule has 0 radical (unpaired) electrons. The largest absolute Gasteiger partial charge is 0.370 e. The van der Waals surface area contributed by atoms with Gasteiger partial charge in [0.15, 0.2) is 0 Å². The highest BCUT2D eigenvalue weighted by Crippen LogP contribution is 2.28. The monoisotopic (exact) mass is 353 g/mol. The minimum atomic E-state index is 0.666. The zero-order chi connectivity index (χ0) is 15.2. The molecular weight excluding hydrogens is 326 g/mol. The molecule has 3 nitrogen and oxygen atoms in total. The van der Waals surface area contributed by atoms with Gasteiger partial charge in [0.25, 0.3) is 0 Å². The predicted molar refractivity (Wildman–Crippen MR) is 95.1 cm³/mol. The summed E-state index contributed by atoms with van der Waals surface area (Å²) in [4.78, 5) is 4.92. The third-order valence-corrected chi connectivity index (χ3v) is 4.74. The van der Waals surface area contributed by atoms with Crippen molar-refractivity contribution in [2.24, 2.45) is 0 Å². The standard InChI is InChI=1S/C17H28BrN3/c1-4-9-19-12-14-11-15(18)7-8-17(14)21-10-5-6-16(13-21)20(2)3/h7-8,11,16,19H,4-6,9-10,12-13H2,1-3H3. The minimum absolute atomic E-state index is 0.666. The average molecular weight is 354 g/mol. The fourth-order valence-electron chi connectivity index (χ4n) is 3.00. The quantitative estimate of drug-likeness (QED) is 0.789. The van der Waals surface area contributed by atoms with Crippen molar-refractivity contribution < 1.29 is 0 Å². The molecule has 1 saturated heterocycles. The molecule has 1 aliphatic heterocycles. The number of halogens is 1. The van der Waals surface area contributed by atoms with Crippen LogP contribution in [-0.2, 0) is 6.54 Å². The molecule has 118 valence electrons. The van der Waals surface area contributed by atoms with Gasteiger partial charge in [-0.1, -0.05) is 22.9 Å². The van der Waals surface area contributed by atoms with E-state index in [2.05, 4.69) is 70.3 Å². The summed E-state index contributed by atoms with van der Waals surface area (Å²) in [6.45, 7) is 6.54. The molecule has 0 amide bonds. The maximum Gasteiger partial charge on any atom is 0.0413 e. The highest BCUT2D eigenvalue weighted by molar-refractivity contribution is 9.10. The van der Waals surface area contributed by atoms with Crippen LogP contribution >= 0.6 is 15.9 Å². The zero-order valence-corrected chi connectivity index (χ0v) is 15.1. The van der Waals surface area contributed by atoms with Crippen LogP contribution in [0.2, 0.25) is 0 Å². The Bertz CT molecular complexity index is 448. The van der Waals surface area contributed by atoms with E-state index in [1.54, 1.807) is 0 Å². The molecule has 4 heteroatoms. The highest BCUT2D eigenvalue weighted by atomic mass is 79.9. The molecule has 0 spiro atoms. The first-order valence-corrected chi connectivity index (χ1v) is 8.81. The van der Waals surface area contributed by atoms with Crippen LogP contribution in [0, 0.1) is 0 Å². The van der Waals surface area contributed by atoms with Crippen LogP contribution in [0.3, 0.4) is 0 Å². The normalized spacial score (nSPS) is 19.3. The van der Waals surface area contributed by atoms with E-state index in [-0.39, 0.29) is 0 Å². The lowest BCUT2D eigenvalue weighted by atomic mass is 10.0. The molecule has 0 bridgehead atoms. The van der Waals surface area contributed by atoms with Gasteiger partial charge < -0.3 is 15.1 Å². The summed E-state index contributed by atoms with van der Waals surface area (Å²) in [5.41, 5.74) is 2.80. The SMILES string of the molecule is CCCNCc1cc(Br)ccc1N1CCCC(N(C)C)C1. The number of rotatable bonds is 6. The van der Waals surface area contributed by atoms with Gasteiger partial charge in [-0.25, -0.2) is 0 Å². The van der Waals surface area contributed by atoms with Crippen LogP contribution in [0.5, 0.6) is 0 Å². The molecule has 1 fully saturated rings. The molecule has 1 heterocycles. The van der Waals surface area contributed by atoms with Crippen molar-refractivity contribution in [2.45, 2.75) is 38.8 Å². The van der Waals surface area contributed by atoms with E-state index in [0.29, 0.717) is 6.04 Å². The number of hydrogen-bond acceptors (Lipinski definition) is 3. The third kappa shape index (κ3) is 4.70. The van der Waals surface area contributed by atoms with Crippen LogP contribution in [0.4, 0.5) is 5.69 Å². The molecule has 1 N–H and O–H groups in total. The van der Waals surface area contributed by atoms with Crippen LogP contribution in [0.1, 0.15) is 31.7 Å². The van der Waals surface area contributed by atoms with Crippen LogP contribution in [0.15, 0.2) is 22.7 Å². The van der Waals surface area contributed by atoms with Crippen LogP contribution < -0.4 is 10.2 Å². The van der Waals surface area contributed by atoms with Gasteiger partial charge in [-0.2, -0.15) is 0 Å². The molecule has 1 atom stereocenters. The Morgan fingerprint density at radius 3 is 2.90 bits per heavy atom. The molecule has 2 rings (SSSR count). The van der Waals surface area contributed by atoms with Crippen molar-refractivity contribution in [2.75, 3.05) is 38.6 Å². The van der Waals surface area contributed by atoms with E-state index in [9.17, 15) is 0 Å². The van der Waals surface area contributed by atoms with Crippen LogP contribution in [-0.4, -0.2) is 44.7 Å². The fraction of sp³-hybridized carbons (Fsp3) is 0.647. The second kappa shape index (κ2) is 8.16. The summed E-state index contributed by atoms with van der Waals surface area (Å²) < 4.78 is 1.17. The maximum atomic E-state index is 3.61. The minimum Gasteiger partial charge on any atom is -0.370 e. The number of piperidine rings is 1. The van der Waals surface area contributed by atoms with Crippen LogP contribution in [0.25, 0.3) is 0 Å². The third-order valence-electron chi connectivity index (χ3n) is 4.25. The lowest BCUT2D eigenvalue weighted by molar-refractivity contribution is 0.258. The summed E-state index contributed by atoms with van der Waals surface area (Å²) in [6, 6.07) is 7.36. The first kappa shape index (κ1) is 16.8. The van der Waals surface area contributed by atoms with E-state index in [1.807, 2.05) is 0 Å². The second-order valence-corrected chi connectivity index (χ2v) is 7.07. The topological polar surface area (TPSA) is 18.5 Å². The average Bonchev–Trinajstić information content (AvgIpc) is 2.48. The van der Waals surface area contributed by atoms with Gasteiger partial charge in [-0.15, -0.1) is 0 Å². The fourth-order valence-corrected chi connectivity index (χ4v) is 3.41. The van der Waals surface area contributed by atoms with Gasteiger partial charge in [0.2, 0.25) is 0 Å².